The van der Waals surface area contributed by atoms with Crippen molar-refractivity contribution in [2.75, 3.05) is 32.8 Å². The van der Waals surface area contributed by atoms with Crippen LogP contribution in [0.1, 0.15) is 33.6 Å². The van der Waals surface area contributed by atoms with E-state index in [1.54, 1.807) is 0 Å². The lowest BCUT2D eigenvalue weighted by Gasteiger charge is -2.42. The van der Waals surface area contributed by atoms with Gasteiger partial charge in [-0.2, -0.15) is 0 Å². The summed E-state index contributed by atoms with van der Waals surface area (Å²) in [5.74, 6) is 0. The van der Waals surface area contributed by atoms with Crippen molar-refractivity contribution in [2.24, 2.45) is 11.1 Å². The summed E-state index contributed by atoms with van der Waals surface area (Å²) >= 11 is 0. The van der Waals surface area contributed by atoms with Gasteiger partial charge in [-0.1, -0.05) is 20.3 Å². The molecule has 0 aliphatic carbocycles. The number of nitrogens with zero attached hydrogens (tertiary/aromatic N) is 1. The van der Waals surface area contributed by atoms with Crippen LogP contribution in [0.5, 0.6) is 0 Å². The third-order valence-electron chi connectivity index (χ3n) is 3.77. The molecule has 1 fully saturated rings. The topological polar surface area (TPSA) is 58.7 Å². The number of aliphatic hydroxyl groups is 1. The summed E-state index contributed by atoms with van der Waals surface area (Å²) in [5, 5.41) is 9.18. The summed E-state index contributed by atoms with van der Waals surface area (Å²) < 4.78 is 5.55. The normalized spacial score (nSPS) is 30.2. The first-order valence-electron chi connectivity index (χ1n) is 6.71. The van der Waals surface area contributed by atoms with Gasteiger partial charge >= 0.3 is 0 Å². The predicted octanol–water partition coefficient (Wildman–Crippen LogP) is 0.833. The molecule has 4 nitrogen and oxygen atoms in total. The maximum Gasteiger partial charge on any atom is 0.0933 e. The van der Waals surface area contributed by atoms with Crippen molar-refractivity contribution in [3.05, 3.63) is 0 Å². The van der Waals surface area contributed by atoms with Gasteiger partial charge in [0.15, 0.2) is 0 Å². The van der Waals surface area contributed by atoms with Crippen LogP contribution < -0.4 is 5.73 Å². The molecule has 1 aliphatic rings. The Morgan fingerprint density at radius 3 is 2.76 bits per heavy atom. The third-order valence-corrected chi connectivity index (χ3v) is 3.77. The van der Waals surface area contributed by atoms with Crippen molar-refractivity contribution in [1.29, 1.82) is 0 Å². The number of morpholine rings is 1. The molecule has 0 aromatic carbocycles. The maximum absolute atomic E-state index is 9.18. The fraction of sp³-hybridized carbons (Fsp3) is 1.00. The van der Waals surface area contributed by atoms with Gasteiger partial charge in [0, 0.05) is 19.1 Å². The lowest BCUT2D eigenvalue weighted by atomic mass is 9.84. The highest BCUT2D eigenvalue weighted by Gasteiger charge is 2.31. The van der Waals surface area contributed by atoms with Gasteiger partial charge in [-0.05, 0) is 25.3 Å². The highest BCUT2D eigenvalue weighted by atomic mass is 16.5. The van der Waals surface area contributed by atoms with E-state index in [-0.39, 0.29) is 18.1 Å². The van der Waals surface area contributed by atoms with Crippen molar-refractivity contribution >= 4 is 0 Å². The first-order valence-corrected chi connectivity index (χ1v) is 6.71. The minimum atomic E-state index is -0.0325. The molecule has 1 aliphatic heterocycles. The van der Waals surface area contributed by atoms with Gasteiger partial charge in [-0.3, -0.25) is 4.90 Å². The molecule has 3 unspecified atom stereocenters. The molecule has 0 amide bonds. The minimum Gasteiger partial charge on any atom is -0.394 e. The van der Waals surface area contributed by atoms with Gasteiger partial charge in [0.05, 0.1) is 19.3 Å². The van der Waals surface area contributed by atoms with Gasteiger partial charge < -0.3 is 15.6 Å². The first kappa shape index (κ1) is 14.9. The second-order valence-corrected chi connectivity index (χ2v) is 5.68. The standard InChI is InChI=1S/C13H28N2O2/c1-4-5-13(3,9-14)10-15-6-12(7-16)17-8-11(15)2/h11-12,16H,4-10,14H2,1-3H3. The SMILES string of the molecule is CCCC(C)(CN)CN1CC(CO)OCC1C. The van der Waals surface area contributed by atoms with Crippen molar-refractivity contribution in [2.45, 2.75) is 45.8 Å². The number of rotatable bonds is 6. The Kier molecular flexibility index (Phi) is 5.86. The van der Waals surface area contributed by atoms with E-state index >= 15 is 0 Å². The van der Waals surface area contributed by atoms with Crippen molar-refractivity contribution in [3.63, 3.8) is 0 Å². The molecule has 0 bridgehead atoms. The van der Waals surface area contributed by atoms with Crippen LogP contribution in [0.25, 0.3) is 0 Å². The summed E-state index contributed by atoms with van der Waals surface area (Å²) in [6, 6.07) is 0.417. The van der Waals surface area contributed by atoms with Crippen LogP contribution in [0.15, 0.2) is 0 Å². The summed E-state index contributed by atoms with van der Waals surface area (Å²) in [7, 11) is 0. The van der Waals surface area contributed by atoms with Crippen LogP contribution in [0.4, 0.5) is 0 Å². The average Bonchev–Trinajstić information content (AvgIpc) is 2.32. The maximum atomic E-state index is 9.18. The summed E-state index contributed by atoms with van der Waals surface area (Å²) in [6.45, 7) is 9.98. The van der Waals surface area contributed by atoms with Gasteiger partial charge in [-0.15, -0.1) is 0 Å². The molecule has 17 heavy (non-hydrogen) atoms. The van der Waals surface area contributed by atoms with Crippen LogP contribution in [-0.4, -0.2) is 55.0 Å². The fourth-order valence-electron chi connectivity index (χ4n) is 2.55. The largest absolute Gasteiger partial charge is 0.394 e. The molecule has 102 valence electrons. The summed E-state index contributed by atoms with van der Waals surface area (Å²) in [5.41, 5.74) is 6.10. The van der Waals surface area contributed by atoms with Gasteiger partial charge in [0.2, 0.25) is 0 Å². The van der Waals surface area contributed by atoms with Crippen molar-refractivity contribution < 1.29 is 9.84 Å². The Bertz CT molecular complexity index is 225. The second-order valence-electron chi connectivity index (χ2n) is 5.68. The molecule has 1 heterocycles. The Morgan fingerprint density at radius 2 is 2.24 bits per heavy atom. The van der Waals surface area contributed by atoms with Gasteiger partial charge in [-0.25, -0.2) is 0 Å². The van der Waals surface area contributed by atoms with Crippen LogP contribution >= 0.6 is 0 Å². The molecule has 0 spiro atoms. The lowest BCUT2D eigenvalue weighted by molar-refractivity contribution is -0.0870. The number of hydrogen-bond donors (Lipinski definition) is 2. The molecule has 0 saturated carbocycles. The van der Waals surface area contributed by atoms with Crippen LogP contribution in [-0.2, 0) is 4.74 Å². The zero-order valence-electron chi connectivity index (χ0n) is 11.5. The van der Waals surface area contributed by atoms with E-state index < -0.39 is 0 Å². The Balaban J connectivity index is 2.57. The van der Waals surface area contributed by atoms with E-state index in [1.807, 2.05) is 0 Å². The molecule has 0 aromatic heterocycles. The van der Waals surface area contributed by atoms with Gasteiger partial charge in [0.25, 0.3) is 0 Å². The predicted molar refractivity (Wildman–Crippen MR) is 69.9 cm³/mol. The molecule has 3 atom stereocenters. The average molecular weight is 244 g/mol. The number of ether oxygens (including phenoxy) is 1. The van der Waals surface area contributed by atoms with Crippen LogP contribution in [0.3, 0.4) is 0 Å². The van der Waals surface area contributed by atoms with Crippen molar-refractivity contribution in [1.82, 2.24) is 4.90 Å². The summed E-state index contributed by atoms with van der Waals surface area (Å²) in [6.07, 6.45) is 2.28. The van der Waals surface area contributed by atoms with Crippen LogP contribution in [0, 0.1) is 5.41 Å². The van der Waals surface area contributed by atoms with E-state index in [1.165, 1.54) is 0 Å². The van der Waals surface area contributed by atoms with E-state index in [0.717, 1.165) is 25.9 Å². The van der Waals surface area contributed by atoms with E-state index in [0.29, 0.717) is 19.2 Å². The van der Waals surface area contributed by atoms with Gasteiger partial charge in [0.1, 0.15) is 0 Å². The monoisotopic (exact) mass is 244 g/mol. The highest BCUT2D eigenvalue weighted by Crippen LogP contribution is 2.25. The molecule has 3 N–H and O–H groups in total. The Morgan fingerprint density at radius 1 is 1.53 bits per heavy atom. The molecule has 0 radical (unpaired) electrons. The Labute approximate surface area is 105 Å². The van der Waals surface area contributed by atoms with E-state index in [9.17, 15) is 5.11 Å². The fourth-order valence-corrected chi connectivity index (χ4v) is 2.55. The van der Waals surface area contributed by atoms with E-state index in [2.05, 4.69) is 25.7 Å². The lowest BCUT2D eigenvalue weighted by Crippen LogP contribution is -2.53. The number of hydrogen-bond acceptors (Lipinski definition) is 4. The zero-order chi connectivity index (χ0) is 12.9. The third kappa shape index (κ3) is 4.21. The second kappa shape index (κ2) is 6.69. The molecule has 1 saturated heterocycles. The summed E-state index contributed by atoms with van der Waals surface area (Å²) in [4.78, 5) is 2.41. The smallest absolute Gasteiger partial charge is 0.0933 e. The molecule has 1 rings (SSSR count). The molecular weight excluding hydrogens is 216 g/mol. The molecular formula is C13H28N2O2. The van der Waals surface area contributed by atoms with E-state index in [4.69, 9.17) is 10.5 Å². The minimum absolute atomic E-state index is 0.0325. The quantitative estimate of drug-likeness (QED) is 0.727. The molecule has 0 aromatic rings. The van der Waals surface area contributed by atoms with Crippen LogP contribution in [0.2, 0.25) is 0 Å². The highest BCUT2D eigenvalue weighted by molar-refractivity contribution is 4.85. The van der Waals surface area contributed by atoms with Crippen molar-refractivity contribution in [3.8, 4) is 0 Å². The zero-order valence-corrected chi connectivity index (χ0v) is 11.5. The Hall–Kier alpha value is -0.160. The first-order chi connectivity index (χ1) is 8.04. The number of nitrogens with two attached hydrogens (primary N) is 1. The molecule has 4 heteroatoms. The number of aliphatic hydroxyl groups excluding tert-OH is 1.